The van der Waals surface area contributed by atoms with Crippen molar-refractivity contribution in [3.05, 3.63) is 80.9 Å². The van der Waals surface area contributed by atoms with Crippen LogP contribution in [0.15, 0.2) is 54.6 Å². The van der Waals surface area contributed by atoms with E-state index < -0.39 is 4.92 Å². The summed E-state index contributed by atoms with van der Waals surface area (Å²) in [6.07, 6.45) is 1.21. The smallest absolute Gasteiger partial charge is 0.269 e. The number of ether oxygens (including phenoxy) is 1. The molecule has 2 aromatic carbocycles. The monoisotopic (exact) mass is 469 g/mol. The van der Waals surface area contributed by atoms with Crippen molar-refractivity contribution in [3.63, 3.8) is 0 Å². The van der Waals surface area contributed by atoms with E-state index in [-0.39, 0.29) is 29.7 Å². The minimum atomic E-state index is -0.437. The lowest BCUT2D eigenvalue weighted by molar-refractivity contribution is -0.384. The molecule has 0 saturated carbocycles. The second-order valence-corrected chi connectivity index (χ2v) is 8.82. The number of hydrazine groups is 1. The summed E-state index contributed by atoms with van der Waals surface area (Å²) in [5.41, 5.74) is 5.87. The Balaban J connectivity index is 1.44. The number of morpholine rings is 1. The van der Waals surface area contributed by atoms with Crippen LogP contribution in [0.25, 0.3) is 5.70 Å². The van der Waals surface area contributed by atoms with Gasteiger partial charge in [0.2, 0.25) is 0 Å². The summed E-state index contributed by atoms with van der Waals surface area (Å²) in [6, 6.07) is 13.9. The van der Waals surface area contributed by atoms with Crippen molar-refractivity contribution in [2.75, 3.05) is 32.8 Å². The highest BCUT2D eigenvalue weighted by Gasteiger charge is 2.47. The number of hydrogen-bond donors (Lipinski definition) is 2. The van der Waals surface area contributed by atoms with Crippen LogP contribution < -0.4 is 10.7 Å². The van der Waals surface area contributed by atoms with E-state index in [0.717, 1.165) is 30.8 Å². The van der Waals surface area contributed by atoms with Crippen molar-refractivity contribution >= 4 is 28.9 Å². The molecule has 0 bridgehead atoms. The van der Waals surface area contributed by atoms with Gasteiger partial charge in [-0.1, -0.05) is 23.7 Å². The van der Waals surface area contributed by atoms with Gasteiger partial charge in [0, 0.05) is 60.5 Å². The van der Waals surface area contributed by atoms with Crippen LogP contribution in [0.4, 0.5) is 5.69 Å². The van der Waals surface area contributed by atoms with E-state index in [1.54, 1.807) is 17.1 Å². The lowest BCUT2D eigenvalue weighted by Gasteiger charge is -2.33. The lowest BCUT2D eigenvalue weighted by Crippen LogP contribution is -2.52. The minimum absolute atomic E-state index is 0.00432. The van der Waals surface area contributed by atoms with Crippen LogP contribution >= 0.6 is 11.6 Å². The molecule has 1 amide bonds. The zero-order valence-electron chi connectivity index (χ0n) is 17.8. The molecule has 2 fully saturated rings. The topological polar surface area (TPSA) is 100.0 Å². The van der Waals surface area contributed by atoms with E-state index in [0.29, 0.717) is 23.9 Å². The van der Waals surface area contributed by atoms with Gasteiger partial charge < -0.3 is 10.1 Å². The molecule has 0 radical (unpaired) electrons. The lowest BCUT2D eigenvalue weighted by atomic mass is 9.89. The Morgan fingerprint density at radius 3 is 2.45 bits per heavy atom. The number of carbonyl (C=O) groups excluding carboxylic acids is 1. The number of non-ortho nitro benzene ring substituents is 1. The number of carbonyl (C=O) groups is 1. The molecule has 10 heteroatoms. The van der Waals surface area contributed by atoms with Crippen LogP contribution in [0.1, 0.15) is 17.0 Å². The van der Waals surface area contributed by atoms with Crippen LogP contribution in [0.3, 0.4) is 0 Å². The number of halogens is 1. The first-order chi connectivity index (χ1) is 16.0. The molecule has 172 valence electrons. The number of fused-ring (bicyclic) bond motifs is 1. The van der Waals surface area contributed by atoms with Gasteiger partial charge in [-0.05, 0) is 35.4 Å². The normalized spacial score (nSPS) is 25.4. The molecule has 2 aromatic rings. The van der Waals surface area contributed by atoms with Crippen LogP contribution in [0, 0.1) is 10.1 Å². The quantitative estimate of drug-likeness (QED) is 0.512. The average Bonchev–Trinajstić information content (AvgIpc) is 3.19. The van der Waals surface area contributed by atoms with Crippen molar-refractivity contribution in [2.24, 2.45) is 0 Å². The number of nitrogens with zero attached hydrogens (tertiary/aromatic N) is 3. The van der Waals surface area contributed by atoms with Gasteiger partial charge in [0.05, 0.1) is 18.1 Å². The van der Waals surface area contributed by atoms with Gasteiger partial charge in [0.25, 0.3) is 11.6 Å². The number of nitro benzene ring substituents is 1. The Hall–Kier alpha value is -2.98. The molecule has 0 aromatic heterocycles. The molecule has 3 aliphatic heterocycles. The van der Waals surface area contributed by atoms with Gasteiger partial charge in [-0.3, -0.25) is 24.8 Å². The van der Waals surface area contributed by atoms with Gasteiger partial charge >= 0.3 is 0 Å². The maximum Gasteiger partial charge on any atom is 0.269 e. The number of nitrogens with one attached hydrogen (secondary N) is 2. The van der Waals surface area contributed by atoms with E-state index >= 15 is 0 Å². The number of nitro groups is 1. The number of benzene rings is 2. The first-order valence-electron chi connectivity index (χ1n) is 10.9. The number of rotatable bonds is 5. The predicted octanol–water partition coefficient (Wildman–Crippen LogP) is 2.35. The Kier molecular flexibility index (Phi) is 6.03. The van der Waals surface area contributed by atoms with Crippen molar-refractivity contribution in [1.82, 2.24) is 20.7 Å². The number of hydrogen-bond acceptors (Lipinski definition) is 7. The fourth-order valence-corrected chi connectivity index (χ4v) is 4.84. The van der Waals surface area contributed by atoms with E-state index in [9.17, 15) is 14.9 Å². The second kappa shape index (κ2) is 9.11. The van der Waals surface area contributed by atoms with E-state index in [2.05, 4.69) is 15.6 Å². The molecular formula is C23H24ClN5O4. The fourth-order valence-electron chi connectivity index (χ4n) is 4.71. The largest absolute Gasteiger partial charge is 0.379 e. The van der Waals surface area contributed by atoms with Gasteiger partial charge in [0.15, 0.2) is 0 Å². The molecule has 33 heavy (non-hydrogen) atoms. The van der Waals surface area contributed by atoms with Crippen LogP contribution in [0.2, 0.25) is 5.02 Å². The SMILES string of the molecule is O=C1C=C(c2ccc([N+](=O)[O-])cc2)NC2C(c3ccc(Cl)cc3)C(CN3CCOCC3)NN12. The summed E-state index contributed by atoms with van der Waals surface area (Å²) in [6.45, 7) is 3.88. The molecule has 0 spiro atoms. The highest BCUT2D eigenvalue weighted by Crippen LogP contribution is 2.36. The molecule has 0 aliphatic carbocycles. The third-order valence-electron chi connectivity index (χ3n) is 6.37. The second-order valence-electron chi connectivity index (χ2n) is 8.39. The Bertz CT molecular complexity index is 1070. The summed E-state index contributed by atoms with van der Waals surface area (Å²) in [5.74, 6) is -0.189. The van der Waals surface area contributed by atoms with Gasteiger partial charge in [0.1, 0.15) is 6.17 Å². The van der Waals surface area contributed by atoms with E-state index in [1.807, 2.05) is 24.3 Å². The minimum Gasteiger partial charge on any atom is -0.379 e. The third kappa shape index (κ3) is 4.45. The van der Waals surface area contributed by atoms with Gasteiger partial charge in [-0.15, -0.1) is 0 Å². The molecule has 5 rings (SSSR count). The van der Waals surface area contributed by atoms with Gasteiger partial charge in [-0.25, -0.2) is 5.43 Å². The average molecular weight is 470 g/mol. The Morgan fingerprint density at radius 2 is 1.79 bits per heavy atom. The molecule has 3 atom stereocenters. The van der Waals surface area contributed by atoms with E-state index in [4.69, 9.17) is 16.3 Å². The molecule has 3 aliphatic rings. The summed E-state index contributed by atoms with van der Waals surface area (Å²) >= 11 is 6.13. The Morgan fingerprint density at radius 1 is 1.09 bits per heavy atom. The maximum atomic E-state index is 13.1. The Labute approximate surface area is 196 Å². The zero-order chi connectivity index (χ0) is 22.9. The van der Waals surface area contributed by atoms with Crippen molar-refractivity contribution in [3.8, 4) is 0 Å². The predicted molar refractivity (Wildman–Crippen MR) is 123 cm³/mol. The first kappa shape index (κ1) is 21.8. The molecule has 3 unspecified atom stereocenters. The first-order valence-corrected chi connectivity index (χ1v) is 11.3. The van der Waals surface area contributed by atoms with Crippen molar-refractivity contribution in [2.45, 2.75) is 18.1 Å². The highest BCUT2D eigenvalue weighted by molar-refractivity contribution is 6.30. The molecule has 2 N–H and O–H groups in total. The molecule has 2 saturated heterocycles. The molecular weight excluding hydrogens is 446 g/mol. The number of amides is 1. The van der Waals surface area contributed by atoms with Gasteiger partial charge in [-0.2, -0.15) is 0 Å². The maximum absolute atomic E-state index is 13.1. The highest BCUT2D eigenvalue weighted by atomic mass is 35.5. The summed E-state index contributed by atoms with van der Waals surface area (Å²) in [5, 5.41) is 16.8. The summed E-state index contributed by atoms with van der Waals surface area (Å²) in [7, 11) is 0. The molecule has 9 nitrogen and oxygen atoms in total. The van der Waals surface area contributed by atoms with Crippen LogP contribution in [0.5, 0.6) is 0 Å². The molecule has 3 heterocycles. The zero-order valence-corrected chi connectivity index (χ0v) is 18.6. The van der Waals surface area contributed by atoms with E-state index in [1.165, 1.54) is 18.2 Å². The van der Waals surface area contributed by atoms with Crippen molar-refractivity contribution < 1.29 is 14.5 Å². The standard InChI is InChI=1S/C23H24ClN5O4/c24-17-5-1-16(2-6-17)22-20(14-27-9-11-33-12-10-27)26-28-21(30)13-19(25-23(22)28)15-3-7-18(8-4-15)29(31)32/h1-8,13,20,22-23,25-26H,9-12,14H2. The van der Waals surface area contributed by atoms with Crippen molar-refractivity contribution in [1.29, 1.82) is 0 Å². The third-order valence-corrected chi connectivity index (χ3v) is 6.62. The summed E-state index contributed by atoms with van der Waals surface area (Å²) < 4.78 is 5.48. The van der Waals surface area contributed by atoms with Crippen LogP contribution in [-0.2, 0) is 9.53 Å². The summed E-state index contributed by atoms with van der Waals surface area (Å²) in [4.78, 5) is 26.0. The fraction of sp³-hybridized carbons (Fsp3) is 0.348. The van der Waals surface area contributed by atoms with Crippen LogP contribution in [-0.4, -0.2) is 65.8 Å².